The zero-order valence-corrected chi connectivity index (χ0v) is 17.0. The maximum Gasteiger partial charge on any atom is 0.422 e. The molecule has 162 valence electrons. The molecule has 30 heavy (non-hydrogen) atoms. The number of sulfonamides is 1. The molecule has 0 spiro atoms. The number of hydrogen-bond donors (Lipinski definition) is 0. The van der Waals surface area contributed by atoms with E-state index in [2.05, 4.69) is 9.72 Å². The number of nitrogens with zero attached hydrogens (tertiary/aromatic N) is 3. The number of rotatable bonds is 5. The lowest BCUT2D eigenvalue weighted by Gasteiger charge is -2.34. The standard InChI is InChI=1S/C18H17ClF3N3O4S/c19-14-2-4-15(5-3-14)30(27,28)25-9-7-24(8-10-25)17(26)13-1-6-16(23-11-13)29-12-18(20,21)22/h1-6,11H,7-10,12H2. The molecule has 1 fully saturated rings. The Hall–Kier alpha value is -2.37. The van der Waals surface area contributed by atoms with Crippen LogP contribution in [0.4, 0.5) is 13.2 Å². The molecule has 2 heterocycles. The summed E-state index contributed by atoms with van der Waals surface area (Å²) >= 11 is 5.79. The molecule has 1 saturated heterocycles. The second kappa shape index (κ2) is 8.78. The zero-order valence-electron chi connectivity index (χ0n) is 15.5. The summed E-state index contributed by atoms with van der Waals surface area (Å²) in [6.07, 6.45) is -3.35. The molecule has 1 aliphatic heterocycles. The van der Waals surface area contributed by atoms with Crippen molar-refractivity contribution >= 4 is 27.5 Å². The molecule has 2 aromatic rings. The van der Waals surface area contributed by atoms with Crippen molar-refractivity contribution in [2.45, 2.75) is 11.1 Å². The van der Waals surface area contributed by atoms with Crippen molar-refractivity contribution in [3.63, 3.8) is 0 Å². The van der Waals surface area contributed by atoms with Crippen LogP contribution in [-0.2, 0) is 10.0 Å². The molecule has 12 heteroatoms. The van der Waals surface area contributed by atoms with Crippen molar-refractivity contribution in [3.05, 3.63) is 53.2 Å². The molecule has 1 aromatic carbocycles. The van der Waals surface area contributed by atoms with E-state index in [4.69, 9.17) is 11.6 Å². The lowest BCUT2D eigenvalue weighted by molar-refractivity contribution is -0.154. The Balaban J connectivity index is 1.59. The summed E-state index contributed by atoms with van der Waals surface area (Å²) in [5.41, 5.74) is 0.170. The van der Waals surface area contributed by atoms with E-state index in [-0.39, 0.29) is 42.5 Å². The predicted molar refractivity (Wildman–Crippen MR) is 102 cm³/mol. The SMILES string of the molecule is O=C(c1ccc(OCC(F)(F)F)nc1)N1CCN(S(=O)(=O)c2ccc(Cl)cc2)CC1. The molecular weight excluding hydrogens is 447 g/mol. The third kappa shape index (κ3) is 5.41. The maximum atomic E-state index is 12.7. The number of aromatic nitrogens is 1. The maximum absolute atomic E-state index is 12.7. The van der Waals surface area contributed by atoms with Gasteiger partial charge in [0, 0.05) is 43.5 Å². The second-order valence-corrected chi connectivity index (χ2v) is 8.81. The fourth-order valence-electron chi connectivity index (χ4n) is 2.82. The van der Waals surface area contributed by atoms with Crippen LogP contribution in [-0.4, -0.2) is 67.5 Å². The number of halogens is 4. The minimum Gasteiger partial charge on any atom is -0.468 e. The first-order valence-electron chi connectivity index (χ1n) is 8.77. The Morgan fingerprint density at radius 3 is 2.23 bits per heavy atom. The minimum atomic E-state index is -4.48. The van der Waals surface area contributed by atoms with Gasteiger partial charge in [0.1, 0.15) is 0 Å². The molecule has 1 aliphatic rings. The molecule has 1 amide bonds. The molecule has 1 aromatic heterocycles. The van der Waals surface area contributed by atoms with Gasteiger partial charge in [-0.15, -0.1) is 0 Å². The summed E-state index contributed by atoms with van der Waals surface area (Å²) in [6.45, 7) is -0.929. The molecule has 7 nitrogen and oxygen atoms in total. The van der Waals surface area contributed by atoms with Gasteiger partial charge in [-0.3, -0.25) is 4.79 Å². The van der Waals surface area contributed by atoms with Crippen LogP contribution in [0.15, 0.2) is 47.5 Å². The van der Waals surface area contributed by atoms with E-state index in [0.29, 0.717) is 5.02 Å². The van der Waals surface area contributed by atoms with Gasteiger partial charge < -0.3 is 9.64 Å². The first-order chi connectivity index (χ1) is 14.1. The van der Waals surface area contributed by atoms with Crippen LogP contribution >= 0.6 is 11.6 Å². The number of ether oxygens (including phenoxy) is 1. The van der Waals surface area contributed by atoms with E-state index < -0.39 is 28.7 Å². The van der Waals surface area contributed by atoms with Crippen LogP contribution < -0.4 is 4.74 Å². The molecule has 0 radical (unpaired) electrons. The van der Waals surface area contributed by atoms with Crippen molar-refractivity contribution in [3.8, 4) is 5.88 Å². The highest BCUT2D eigenvalue weighted by atomic mass is 35.5. The van der Waals surface area contributed by atoms with Crippen molar-refractivity contribution in [1.82, 2.24) is 14.2 Å². The van der Waals surface area contributed by atoms with E-state index in [1.54, 1.807) is 0 Å². The molecule has 0 unspecified atom stereocenters. The molecule has 0 aliphatic carbocycles. The van der Waals surface area contributed by atoms with Gasteiger partial charge in [0.15, 0.2) is 6.61 Å². The average molecular weight is 464 g/mol. The Bertz CT molecular complexity index is 991. The highest BCUT2D eigenvalue weighted by Crippen LogP contribution is 2.21. The summed E-state index contributed by atoms with van der Waals surface area (Å²) in [6, 6.07) is 8.32. The van der Waals surface area contributed by atoms with Gasteiger partial charge in [-0.2, -0.15) is 17.5 Å². The average Bonchev–Trinajstić information content (AvgIpc) is 2.72. The van der Waals surface area contributed by atoms with Crippen LogP contribution in [0.3, 0.4) is 0 Å². The third-order valence-corrected chi connectivity index (χ3v) is 6.51. The third-order valence-electron chi connectivity index (χ3n) is 4.34. The van der Waals surface area contributed by atoms with Crippen LogP contribution in [0.2, 0.25) is 5.02 Å². The predicted octanol–water partition coefficient (Wildman–Crippen LogP) is 2.82. The Kier molecular flexibility index (Phi) is 6.53. The first-order valence-corrected chi connectivity index (χ1v) is 10.6. The fraction of sp³-hybridized carbons (Fsp3) is 0.333. The summed E-state index contributed by atoms with van der Waals surface area (Å²) < 4.78 is 67.7. The van der Waals surface area contributed by atoms with Gasteiger partial charge in [0.05, 0.1) is 10.5 Å². The summed E-state index contributed by atoms with van der Waals surface area (Å²) in [5, 5.41) is 0.424. The minimum absolute atomic E-state index is 0.108. The Morgan fingerprint density at radius 1 is 1.07 bits per heavy atom. The van der Waals surface area contributed by atoms with E-state index in [1.807, 2.05) is 0 Å². The molecule has 0 atom stereocenters. The van der Waals surface area contributed by atoms with Crippen molar-refractivity contribution in [2.24, 2.45) is 0 Å². The topological polar surface area (TPSA) is 79.8 Å². The van der Waals surface area contributed by atoms with Crippen LogP contribution in [0.5, 0.6) is 5.88 Å². The number of pyridine rings is 1. The van der Waals surface area contributed by atoms with Crippen molar-refractivity contribution in [2.75, 3.05) is 32.8 Å². The summed E-state index contributed by atoms with van der Waals surface area (Å²) in [5.74, 6) is -0.642. The first kappa shape index (κ1) is 22.3. The number of benzene rings is 1. The number of hydrogen-bond acceptors (Lipinski definition) is 5. The van der Waals surface area contributed by atoms with E-state index >= 15 is 0 Å². The van der Waals surface area contributed by atoms with Gasteiger partial charge in [0.2, 0.25) is 15.9 Å². The molecule has 0 saturated carbocycles. The van der Waals surface area contributed by atoms with Crippen LogP contribution in [0.25, 0.3) is 0 Å². The highest BCUT2D eigenvalue weighted by molar-refractivity contribution is 7.89. The number of amides is 1. The smallest absolute Gasteiger partial charge is 0.422 e. The zero-order chi connectivity index (χ0) is 21.9. The molecule has 0 bridgehead atoms. The lowest BCUT2D eigenvalue weighted by atomic mass is 10.2. The summed E-state index contributed by atoms with van der Waals surface area (Å²) in [7, 11) is -3.70. The van der Waals surface area contributed by atoms with Gasteiger partial charge in [-0.05, 0) is 30.3 Å². The van der Waals surface area contributed by atoms with Gasteiger partial charge in [-0.25, -0.2) is 13.4 Å². The van der Waals surface area contributed by atoms with Gasteiger partial charge in [-0.1, -0.05) is 11.6 Å². The van der Waals surface area contributed by atoms with Crippen LogP contribution in [0, 0.1) is 0 Å². The largest absolute Gasteiger partial charge is 0.468 e. The van der Waals surface area contributed by atoms with E-state index in [0.717, 1.165) is 6.20 Å². The number of carbonyl (C=O) groups excluding carboxylic acids is 1. The summed E-state index contributed by atoms with van der Waals surface area (Å²) in [4.78, 5) is 17.9. The van der Waals surface area contributed by atoms with E-state index in [1.165, 1.54) is 45.6 Å². The number of piperazine rings is 1. The lowest BCUT2D eigenvalue weighted by Crippen LogP contribution is -2.50. The highest BCUT2D eigenvalue weighted by Gasteiger charge is 2.31. The van der Waals surface area contributed by atoms with Crippen molar-refractivity contribution in [1.29, 1.82) is 0 Å². The fourth-order valence-corrected chi connectivity index (χ4v) is 4.37. The molecule has 0 N–H and O–H groups in total. The van der Waals surface area contributed by atoms with Crippen molar-refractivity contribution < 1.29 is 31.1 Å². The number of alkyl halides is 3. The molecular formula is C18H17ClF3N3O4S. The Labute approximate surface area is 176 Å². The monoisotopic (exact) mass is 463 g/mol. The quantitative estimate of drug-likeness (QED) is 0.681. The Morgan fingerprint density at radius 2 is 1.70 bits per heavy atom. The second-order valence-electron chi connectivity index (χ2n) is 6.44. The van der Waals surface area contributed by atoms with Crippen LogP contribution in [0.1, 0.15) is 10.4 Å². The van der Waals surface area contributed by atoms with E-state index in [9.17, 15) is 26.4 Å². The van der Waals surface area contributed by atoms with Gasteiger partial charge in [0.25, 0.3) is 5.91 Å². The normalized spacial score (nSPS) is 15.8. The van der Waals surface area contributed by atoms with Gasteiger partial charge >= 0.3 is 6.18 Å². The molecule has 3 rings (SSSR count). The number of carbonyl (C=O) groups is 1.